The highest BCUT2D eigenvalue weighted by Crippen LogP contribution is 2.30. The van der Waals surface area contributed by atoms with Gasteiger partial charge in [0.2, 0.25) is 0 Å². The zero-order chi connectivity index (χ0) is 11.5. The monoisotopic (exact) mass is 232 g/mol. The van der Waals surface area contributed by atoms with Crippen LogP contribution in [0.2, 0.25) is 5.02 Å². The van der Waals surface area contributed by atoms with Gasteiger partial charge < -0.3 is 5.11 Å². The molecule has 3 heteroatoms. The predicted octanol–water partition coefficient (Wildman–Crippen LogP) is 3.53. The van der Waals surface area contributed by atoms with Gasteiger partial charge in [-0.05, 0) is 35.9 Å². The molecule has 1 N–H and O–H groups in total. The first kappa shape index (κ1) is 10.7. The third kappa shape index (κ3) is 2.07. The number of phenolic OH excluding ortho intramolecular Hbond substituents is 1. The molecule has 16 heavy (non-hydrogen) atoms. The number of hydrogen-bond acceptors (Lipinski definition) is 2. The maximum Gasteiger partial charge on any atom is 0.150 e. The first-order valence-corrected chi connectivity index (χ1v) is 5.12. The average molecular weight is 233 g/mol. The molecular formula is C13H9ClO2. The van der Waals surface area contributed by atoms with E-state index in [4.69, 9.17) is 11.6 Å². The fourth-order valence-corrected chi connectivity index (χ4v) is 1.61. The molecule has 0 radical (unpaired) electrons. The minimum Gasteiger partial charge on any atom is -0.507 e. The average Bonchev–Trinajstić information content (AvgIpc) is 2.31. The first-order chi connectivity index (χ1) is 7.70. The van der Waals surface area contributed by atoms with Crippen LogP contribution in [-0.2, 0) is 0 Å². The molecule has 0 atom stereocenters. The number of carbonyl (C=O) groups excluding carboxylic acids is 1. The van der Waals surface area contributed by atoms with Crippen LogP contribution in [0.1, 0.15) is 10.4 Å². The van der Waals surface area contributed by atoms with Crippen molar-refractivity contribution < 1.29 is 9.90 Å². The van der Waals surface area contributed by atoms with Crippen LogP contribution in [0.4, 0.5) is 0 Å². The standard InChI is InChI=1S/C13H9ClO2/c14-11-4-2-10(3-5-11)12-7-9(8-15)1-6-13(12)16/h1-8,16H. The third-order valence-corrected chi connectivity index (χ3v) is 2.56. The predicted molar refractivity (Wildman–Crippen MR) is 63.9 cm³/mol. The molecule has 2 rings (SSSR count). The van der Waals surface area contributed by atoms with Gasteiger partial charge in [-0.15, -0.1) is 0 Å². The summed E-state index contributed by atoms with van der Waals surface area (Å²) in [6, 6.07) is 11.8. The molecule has 0 aliphatic rings. The van der Waals surface area contributed by atoms with E-state index in [9.17, 15) is 9.90 Å². The number of phenols is 1. The van der Waals surface area contributed by atoms with Gasteiger partial charge in [-0.25, -0.2) is 0 Å². The van der Waals surface area contributed by atoms with Crippen LogP contribution in [0.15, 0.2) is 42.5 Å². The highest BCUT2D eigenvalue weighted by molar-refractivity contribution is 6.30. The summed E-state index contributed by atoms with van der Waals surface area (Å²) in [7, 11) is 0. The fourth-order valence-electron chi connectivity index (χ4n) is 1.49. The van der Waals surface area contributed by atoms with E-state index in [1.807, 2.05) is 0 Å². The van der Waals surface area contributed by atoms with E-state index in [-0.39, 0.29) is 5.75 Å². The Morgan fingerprint density at radius 1 is 1.06 bits per heavy atom. The molecule has 0 aliphatic carbocycles. The lowest BCUT2D eigenvalue weighted by atomic mass is 10.0. The third-order valence-electron chi connectivity index (χ3n) is 2.31. The number of aromatic hydroxyl groups is 1. The summed E-state index contributed by atoms with van der Waals surface area (Å²) in [6.45, 7) is 0. The molecule has 0 unspecified atom stereocenters. The zero-order valence-corrected chi connectivity index (χ0v) is 9.11. The summed E-state index contributed by atoms with van der Waals surface area (Å²) < 4.78 is 0. The first-order valence-electron chi connectivity index (χ1n) is 4.75. The molecular weight excluding hydrogens is 224 g/mol. The highest BCUT2D eigenvalue weighted by Gasteiger charge is 2.05. The molecule has 0 fully saturated rings. The van der Waals surface area contributed by atoms with Gasteiger partial charge in [0.1, 0.15) is 12.0 Å². The minimum atomic E-state index is 0.146. The minimum absolute atomic E-state index is 0.146. The largest absolute Gasteiger partial charge is 0.507 e. The van der Waals surface area contributed by atoms with Crippen LogP contribution in [-0.4, -0.2) is 11.4 Å². The SMILES string of the molecule is O=Cc1ccc(O)c(-c2ccc(Cl)cc2)c1. The summed E-state index contributed by atoms with van der Waals surface area (Å²) >= 11 is 5.78. The summed E-state index contributed by atoms with van der Waals surface area (Å²) in [6.07, 6.45) is 0.749. The Kier molecular flexibility index (Phi) is 2.93. The summed E-state index contributed by atoms with van der Waals surface area (Å²) in [5.41, 5.74) is 1.98. The number of halogens is 1. The van der Waals surface area contributed by atoms with Gasteiger partial charge in [-0.3, -0.25) is 4.79 Å². The quantitative estimate of drug-likeness (QED) is 0.805. The smallest absolute Gasteiger partial charge is 0.150 e. The topological polar surface area (TPSA) is 37.3 Å². The molecule has 0 bridgehead atoms. The van der Waals surface area contributed by atoms with E-state index in [1.54, 1.807) is 36.4 Å². The van der Waals surface area contributed by atoms with Crippen molar-refractivity contribution in [2.75, 3.05) is 0 Å². The van der Waals surface area contributed by atoms with E-state index in [2.05, 4.69) is 0 Å². The van der Waals surface area contributed by atoms with Crippen molar-refractivity contribution in [1.29, 1.82) is 0 Å². The summed E-state index contributed by atoms with van der Waals surface area (Å²) in [5.74, 6) is 0.146. The van der Waals surface area contributed by atoms with Crippen LogP contribution in [0.3, 0.4) is 0 Å². The lowest BCUT2D eigenvalue weighted by Crippen LogP contribution is -1.83. The van der Waals surface area contributed by atoms with Crippen molar-refractivity contribution in [3.05, 3.63) is 53.1 Å². The van der Waals surface area contributed by atoms with E-state index in [0.717, 1.165) is 11.8 Å². The Morgan fingerprint density at radius 3 is 2.38 bits per heavy atom. The van der Waals surface area contributed by atoms with Crippen LogP contribution in [0.25, 0.3) is 11.1 Å². The molecule has 2 nitrogen and oxygen atoms in total. The second-order valence-corrected chi connectivity index (χ2v) is 3.84. The zero-order valence-electron chi connectivity index (χ0n) is 8.35. The van der Waals surface area contributed by atoms with Crippen molar-refractivity contribution in [2.45, 2.75) is 0 Å². The summed E-state index contributed by atoms with van der Waals surface area (Å²) in [4.78, 5) is 10.7. The molecule has 2 aromatic carbocycles. The van der Waals surface area contributed by atoms with E-state index >= 15 is 0 Å². The Labute approximate surface area is 98.1 Å². The van der Waals surface area contributed by atoms with Crippen molar-refractivity contribution >= 4 is 17.9 Å². The van der Waals surface area contributed by atoms with E-state index in [0.29, 0.717) is 16.1 Å². The molecule has 0 amide bonds. The highest BCUT2D eigenvalue weighted by atomic mass is 35.5. The van der Waals surface area contributed by atoms with Gasteiger partial charge in [-0.1, -0.05) is 23.7 Å². The number of benzene rings is 2. The fraction of sp³-hybridized carbons (Fsp3) is 0. The van der Waals surface area contributed by atoms with Gasteiger partial charge in [0.25, 0.3) is 0 Å². The Morgan fingerprint density at radius 2 is 1.75 bits per heavy atom. The maximum absolute atomic E-state index is 10.7. The molecule has 0 heterocycles. The normalized spacial score (nSPS) is 10.1. The van der Waals surface area contributed by atoms with Crippen molar-refractivity contribution in [3.8, 4) is 16.9 Å². The molecule has 0 aliphatic heterocycles. The van der Waals surface area contributed by atoms with Crippen molar-refractivity contribution in [3.63, 3.8) is 0 Å². The molecule has 0 aromatic heterocycles. The second kappa shape index (κ2) is 4.37. The number of aldehydes is 1. The Bertz CT molecular complexity index is 518. The van der Waals surface area contributed by atoms with Crippen molar-refractivity contribution in [2.24, 2.45) is 0 Å². The number of hydrogen-bond donors (Lipinski definition) is 1. The number of rotatable bonds is 2. The van der Waals surface area contributed by atoms with Gasteiger partial charge in [-0.2, -0.15) is 0 Å². The van der Waals surface area contributed by atoms with Gasteiger partial charge in [0.15, 0.2) is 0 Å². The van der Waals surface area contributed by atoms with E-state index in [1.165, 1.54) is 6.07 Å². The summed E-state index contributed by atoms with van der Waals surface area (Å²) in [5, 5.41) is 10.3. The second-order valence-electron chi connectivity index (χ2n) is 3.40. The van der Waals surface area contributed by atoms with E-state index < -0.39 is 0 Å². The van der Waals surface area contributed by atoms with Crippen LogP contribution < -0.4 is 0 Å². The van der Waals surface area contributed by atoms with Crippen LogP contribution in [0.5, 0.6) is 5.75 Å². The van der Waals surface area contributed by atoms with Gasteiger partial charge >= 0.3 is 0 Å². The molecule has 80 valence electrons. The van der Waals surface area contributed by atoms with Crippen LogP contribution >= 0.6 is 11.6 Å². The lowest BCUT2D eigenvalue weighted by molar-refractivity contribution is 0.112. The molecule has 0 saturated carbocycles. The van der Waals surface area contributed by atoms with Crippen LogP contribution in [0, 0.1) is 0 Å². The van der Waals surface area contributed by atoms with Crippen molar-refractivity contribution in [1.82, 2.24) is 0 Å². The lowest BCUT2D eigenvalue weighted by Gasteiger charge is -2.05. The van der Waals surface area contributed by atoms with Gasteiger partial charge in [0, 0.05) is 16.1 Å². The maximum atomic E-state index is 10.7. The molecule has 2 aromatic rings. The number of carbonyl (C=O) groups is 1. The van der Waals surface area contributed by atoms with Gasteiger partial charge in [0.05, 0.1) is 0 Å². The molecule has 0 spiro atoms. The Hall–Kier alpha value is -1.80. The Balaban J connectivity index is 2.54. The molecule has 0 saturated heterocycles.